The van der Waals surface area contributed by atoms with E-state index in [1.165, 1.54) is 13.8 Å². The average Bonchev–Trinajstić information content (AvgIpc) is 2.61. The number of amides is 3. The maximum absolute atomic E-state index is 12.5. The van der Waals surface area contributed by atoms with Crippen molar-refractivity contribution in [2.45, 2.75) is 63.4 Å². The van der Waals surface area contributed by atoms with E-state index < -0.39 is 60.6 Å². The summed E-state index contributed by atoms with van der Waals surface area (Å²) in [6.45, 7) is 2.44. The van der Waals surface area contributed by atoms with Crippen molar-refractivity contribution < 1.29 is 34.5 Å². The topological polar surface area (TPSA) is 217 Å². The number of aliphatic hydroxyl groups is 2. The van der Waals surface area contributed by atoms with E-state index in [1.807, 2.05) is 0 Å². The third-order valence-corrected chi connectivity index (χ3v) is 3.89. The first-order valence-electron chi connectivity index (χ1n) is 8.94. The van der Waals surface area contributed by atoms with Crippen LogP contribution in [0.25, 0.3) is 0 Å². The number of aliphatic carboxylic acids is 1. The van der Waals surface area contributed by atoms with Gasteiger partial charge in [0.05, 0.1) is 18.8 Å². The fourth-order valence-electron chi connectivity index (χ4n) is 2.30. The lowest BCUT2D eigenvalue weighted by Crippen LogP contribution is -2.59. The summed E-state index contributed by atoms with van der Waals surface area (Å²) in [5.74, 6) is -3.78. The Balaban J connectivity index is 5.30. The molecule has 0 bridgehead atoms. The molecule has 5 atom stereocenters. The van der Waals surface area contributed by atoms with Crippen LogP contribution in [0.3, 0.4) is 0 Å². The maximum Gasteiger partial charge on any atom is 0.328 e. The van der Waals surface area contributed by atoms with Gasteiger partial charge in [-0.15, -0.1) is 0 Å². The van der Waals surface area contributed by atoms with Crippen LogP contribution in [0.4, 0.5) is 0 Å². The molecule has 12 nitrogen and oxygen atoms in total. The number of hydrogen-bond acceptors (Lipinski definition) is 8. The molecule has 5 unspecified atom stereocenters. The zero-order valence-electron chi connectivity index (χ0n) is 16.1. The molecule has 12 heteroatoms. The minimum absolute atomic E-state index is 0.137. The molecule has 162 valence electrons. The Kier molecular flexibility index (Phi) is 11.9. The number of carbonyl (C=O) groups is 4. The molecule has 0 aliphatic heterocycles. The summed E-state index contributed by atoms with van der Waals surface area (Å²) in [4.78, 5) is 47.5. The molecule has 0 aliphatic rings. The Labute approximate surface area is 163 Å². The van der Waals surface area contributed by atoms with Crippen LogP contribution in [-0.2, 0) is 19.2 Å². The van der Waals surface area contributed by atoms with Crippen molar-refractivity contribution in [3.8, 4) is 0 Å². The highest BCUT2D eigenvalue weighted by atomic mass is 16.4. The van der Waals surface area contributed by atoms with Gasteiger partial charge < -0.3 is 42.7 Å². The smallest absolute Gasteiger partial charge is 0.328 e. The first kappa shape index (κ1) is 25.7. The lowest BCUT2D eigenvalue weighted by atomic mass is 10.1. The number of rotatable bonds is 13. The number of nitrogens with one attached hydrogen (secondary N) is 3. The Bertz CT molecular complexity index is 541. The van der Waals surface area contributed by atoms with Gasteiger partial charge in [0.25, 0.3) is 0 Å². The molecule has 28 heavy (non-hydrogen) atoms. The number of hydrogen-bond donors (Lipinski definition) is 8. The minimum Gasteiger partial charge on any atom is -0.480 e. The summed E-state index contributed by atoms with van der Waals surface area (Å²) in [6.07, 6.45) is -1.49. The molecule has 3 amide bonds. The average molecular weight is 405 g/mol. The molecule has 0 spiro atoms. The number of carboxylic acid groups (broad SMARTS) is 1. The summed E-state index contributed by atoms with van der Waals surface area (Å²) in [7, 11) is 0. The van der Waals surface area contributed by atoms with Gasteiger partial charge in [0, 0.05) is 0 Å². The zero-order valence-corrected chi connectivity index (χ0v) is 16.1. The lowest BCUT2D eigenvalue weighted by Gasteiger charge is -2.26. The van der Waals surface area contributed by atoms with Gasteiger partial charge in [-0.2, -0.15) is 0 Å². The molecule has 0 saturated heterocycles. The van der Waals surface area contributed by atoms with Gasteiger partial charge in [-0.3, -0.25) is 14.4 Å². The molecule has 0 aliphatic carbocycles. The maximum atomic E-state index is 12.5. The largest absolute Gasteiger partial charge is 0.480 e. The highest BCUT2D eigenvalue weighted by molar-refractivity contribution is 5.93. The normalized spacial score (nSPS) is 16.2. The Morgan fingerprint density at radius 3 is 1.86 bits per heavy atom. The molecule has 0 rings (SSSR count). The molecular formula is C16H31N5O7. The number of carboxylic acids is 1. The van der Waals surface area contributed by atoms with Gasteiger partial charge in [0.2, 0.25) is 17.7 Å². The minimum atomic E-state index is -1.56. The van der Waals surface area contributed by atoms with Crippen molar-refractivity contribution in [2.24, 2.45) is 11.5 Å². The second-order valence-electron chi connectivity index (χ2n) is 6.40. The summed E-state index contributed by atoms with van der Waals surface area (Å²) >= 11 is 0. The van der Waals surface area contributed by atoms with Crippen LogP contribution in [0.15, 0.2) is 0 Å². The molecular weight excluding hydrogens is 374 g/mol. The van der Waals surface area contributed by atoms with Gasteiger partial charge in [-0.05, 0) is 39.7 Å². The number of unbranched alkanes of at least 4 members (excludes halogenated alkanes) is 1. The SMILES string of the molecule is CC(O)C(NC(=O)C(CCCCN)NC(=O)C(NC(=O)CN)C(C)O)C(=O)O. The van der Waals surface area contributed by atoms with Gasteiger partial charge in [0.1, 0.15) is 12.1 Å². The number of aliphatic hydroxyl groups excluding tert-OH is 2. The molecule has 0 fully saturated rings. The van der Waals surface area contributed by atoms with E-state index in [0.717, 1.165) is 0 Å². The lowest BCUT2D eigenvalue weighted by molar-refractivity contribution is -0.145. The Morgan fingerprint density at radius 2 is 1.43 bits per heavy atom. The number of carbonyl (C=O) groups excluding carboxylic acids is 3. The monoisotopic (exact) mass is 405 g/mol. The van der Waals surface area contributed by atoms with Crippen LogP contribution in [0.5, 0.6) is 0 Å². The first-order chi connectivity index (χ1) is 13.0. The fourth-order valence-corrected chi connectivity index (χ4v) is 2.30. The second kappa shape index (κ2) is 13.0. The van der Waals surface area contributed by atoms with E-state index in [9.17, 15) is 29.4 Å². The van der Waals surface area contributed by atoms with Crippen LogP contribution in [0.1, 0.15) is 33.1 Å². The van der Waals surface area contributed by atoms with Crippen molar-refractivity contribution >= 4 is 23.7 Å². The van der Waals surface area contributed by atoms with Gasteiger partial charge in [-0.25, -0.2) is 4.79 Å². The molecule has 0 aromatic carbocycles. The molecule has 10 N–H and O–H groups in total. The summed E-state index contributed by atoms with van der Waals surface area (Å²) in [5, 5.41) is 35.1. The zero-order chi connectivity index (χ0) is 21.9. The quantitative estimate of drug-likeness (QED) is 0.142. The van der Waals surface area contributed by atoms with Crippen molar-refractivity contribution in [3.05, 3.63) is 0 Å². The fraction of sp³-hybridized carbons (Fsp3) is 0.750. The van der Waals surface area contributed by atoms with Crippen LogP contribution in [0.2, 0.25) is 0 Å². The molecule has 0 heterocycles. The standard InChI is InChI=1S/C16H31N5O7/c1-8(22)12(20-11(24)7-18)15(26)19-10(5-3-4-6-17)14(25)21-13(9(2)23)16(27)28/h8-10,12-13,22-23H,3-7,17-18H2,1-2H3,(H,19,26)(H,20,24)(H,21,25)(H,27,28). The van der Waals surface area contributed by atoms with E-state index in [0.29, 0.717) is 19.4 Å². The van der Waals surface area contributed by atoms with E-state index >= 15 is 0 Å². The van der Waals surface area contributed by atoms with Crippen molar-refractivity contribution in [2.75, 3.05) is 13.1 Å². The summed E-state index contributed by atoms with van der Waals surface area (Å²) in [6, 6.07) is -4.07. The predicted molar refractivity (Wildman–Crippen MR) is 98.7 cm³/mol. The Morgan fingerprint density at radius 1 is 0.857 bits per heavy atom. The van der Waals surface area contributed by atoms with Gasteiger partial charge in [-0.1, -0.05) is 0 Å². The molecule has 0 aromatic heterocycles. The predicted octanol–water partition coefficient (Wildman–Crippen LogP) is -3.63. The van der Waals surface area contributed by atoms with E-state index in [2.05, 4.69) is 16.0 Å². The van der Waals surface area contributed by atoms with E-state index in [-0.39, 0.29) is 6.42 Å². The summed E-state index contributed by atoms with van der Waals surface area (Å²) in [5.41, 5.74) is 10.6. The van der Waals surface area contributed by atoms with Crippen molar-refractivity contribution in [1.82, 2.24) is 16.0 Å². The molecule has 0 radical (unpaired) electrons. The van der Waals surface area contributed by atoms with Crippen molar-refractivity contribution in [1.29, 1.82) is 0 Å². The van der Waals surface area contributed by atoms with Gasteiger partial charge >= 0.3 is 5.97 Å². The third-order valence-electron chi connectivity index (χ3n) is 3.89. The van der Waals surface area contributed by atoms with E-state index in [4.69, 9.17) is 16.6 Å². The Hall–Kier alpha value is -2.28. The highest BCUT2D eigenvalue weighted by Crippen LogP contribution is 2.05. The van der Waals surface area contributed by atoms with Crippen molar-refractivity contribution in [3.63, 3.8) is 0 Å². The van der Waals surface area contributed by atoms with Crippen LogP contribution in [0, 0.1) is 0 Å². The van der Waals surface area contributed by atoms with Crippen LogP contribution in [-0.4, -0.2) is 82.4 Å². The van der Waals surface area contributed by atoms with Crippen LogP contribution >= 0.6 is 0 Å². The molecule has 0 aromatic rings. The van der Waals surface area contributed by atoms with Gasteiger partial charge in [0.15, 0.2) is 6.04 Å². The first-order valence-corrected chi connectivity index (χ1v) is 8.94. The highest BCUT2D eigenvalue weighted by Gasteiger charge is 2.32. The van der Waals surface area contributed by atoms with Crippen LogP contribution < -0.4 is 27.4 Å². The summed E-state index contributed by atoms with van der Waals surface area (Å²) < 4.78 is 0. The number of nitrogens with two attached hydrogens (primary N) is 2. The van der Waals surface area contributed by atoms with E-state index in [1.54, 1.807) is 0 Å². The second-order valence-corrected chi connectivity index (χ2v) is 6.40. The third kappa shape index (κ3) is 9.08. The molecule has 0 saturated carbocycles.